The summed E-state index contributed by atoms with van der Waals surface area (Å²) >= 11 is 0. The molecule has 0 aliphatic heterocycles. The van der Waals surface area contributed by atoms with Gasteiger partial charge in [0.2, 0.25) is 0 Å². The zero-order valence-electron chi connectivity index (χ0n) is 11.0. The highest BCUT2D eigenvalue weighted by atomic mass is 16.5. The minimum absolute atomic E-state index is 0.0306. The van der Waals surface area contributed by atoms with E-state index < -0.39 is 0 Å². The first-order valence-corrected chi connectivity index (χ1v) is 6.28. The van der Waals surface area contributed by atoms with Gasteiger partial charge in [-0.15, -0.1) is 0 Å². The highest BCUT2D eigenvalue weighted by Crippen LogP contribution is 2.24. The van der Waals surface area contributed by atoms with E-state index in [4.69, 9.17) is 4.74 Å². The van der Waals surface area contributed by atoms with Crippen LogP contribution in [-0.2, 0) is 9.53 Å². The number of carbonyl (C=O) groups is 1. The molecule has 2 nitrogen and oxygen atoms in total. The molecule has 0 aliphatic rings. The van der Waals surface area contributed by atoms with Gasteiger partial charge in [0.25, 0.3) is 0 Å². The van der Waals surface area contributed by atoms with Gasteiger partial charge < -0.3 is 4.74 Å². The summed E-state index contributed by atoms with van der Waals surface area (Å²) in [5, 5.41) is 0. The predicted molar refractivity (Wildman–Crippen MR) is 70.1 cm³/mol. The summed E-state index contributed by atoms with van der Waals surface area (Å²) in [5.74, 6) is 0.430. The van der Waals surface area contributed by atoms with E-state index in [1.807, 2.05) is 37.3 Å². The van der Waals surface area contributed by atoms with Crippen molar-refractivity contribution in [1.29, 1.82) is 0 Å². The monoisotopic (exact) mass is 234 g/mol. The molecule has 0 fully saturated rings. The Bertz CT molecular complexity index is 332. The molecule has 0 saturated heterocycles. The fraction of sp³-hybridized carbons (Fsp3) is 0.533. The van der Waals surface area contributed by atoms with E-state index in [1.165, 1.54) is 0 Å². The molecule has 0 bridgehead atoms. The van der Waals surface area contributed by atoms with Crippen LogP contribution in [0.1, 0.15) is 38.2 Å². The lowest BCUT2D eigenvalue weighted by Gasteiger charge is -2.18. The van der Waals surface area contributed by atoms with Gasteiger partial charge in [-0.05, 0) is 18.4 Å². The molecule has 0 radical (unpaired) electrons. The number of ether oxygens (including phenoxy) is 1. The summed E-state index contributed by atoms with van der Waals surface area (Å²) in [4.78, 5) is 12.3. The molecular weight excluding hydrogens is 212 g/mol. The third kappa shape index (κ3) is 3.97. The zero-order chi connectivity index (χ0) is 12.7. The SMILES string of the molecule is CCC(C(=O)C(C)CCOC)c1ccccc1. The van der Waals surface area contributed by atoms with Crippen LogP contribution in [0.5, 0.6) is 0 Å². The first-order chi connectivity index (χ1) is 8.20. The Morgan fingerprint density at radius 1 is 1.29 bits per heavy atom. The molecule has 0 aromatic heterocycles. The van der Waals surface area contributed by atoms with Gasteiger partial charge in [0.05, 0.1) is 0 Å². The number of benzene rings is 1. The molecule has 94 valence electrons. The van der Waals surface area contributed by atoms with Crippen LogP contribution >= 0.6 is 0 Å². The maximum Gasteiger partial charge on any atom is 0.143 e. The lowest BCUT2D eigenvalue weighted by molar-refractivity contribution is -0.124. The van der Waals surface area contributed by atoms with Crippen molar-refractivity contribution in [2.45, 2.75) is 32.6 Å². The number of Topliss-reactive ketones (excluding diaryl/α,β-unsaturated/α-hetero) is 1. The van der Waals surface area contributed by atoms with E-state index in [2.05, 4.69) is 6.92 Å². The lowest BCUT2D eigenvalue weighted by Crippen LogP contribution is -2.20. The number of ketones is 1. The van der Waals surface area contributed by atoms with Crippen molar-refractivity contribution < 1.29 is 9.53 Å². The van der Waals surface area contributed by atoms with Gasteiger partial charge in [-0.25, -0.2) is 0 Å². The molecular formula is C15H22O2. The van der Waals surface area contributed by atoms with Crippen molar-refractivity contribution in [1.82, 2.24) is 0 Å². The van der Waals surface area contributed by atoms with E-state index in [1.54, 1.807) is 7.11 Å². The largest absolute Gasteiger partial charge is 0.385 e. The van der Waals surface area contributed by atoms with Crippen molar-refractivity contribution in [3.63, 3.8) is 0 Å². The second kappa shape index (κ2) is 7.23. The van der Waals surface area contributed by atoms with Crippen molar-refractivity contribution >= 4 is 5.78 Å². The van der Waals surface area contributed by atoms with E-state index in [0.29, 0.717) is 12.4 Å². The lowest BCUT2D eigenvalue weighted by atomic mass is 9.85. The van der Waals surface area contributed by atoms with Crippen molar-refractivity contribution in [2.24, 2.45) is 5.92 Å². The Morgan fingerprint density at radius 3 is 2.47 bits per heavy atom. The van der Waals surface area contributed by atoms with Gasteiger partial charge in [0.1, 0.15) is 5.78 Å². The number of hydrogen-bond donors (Lipinski definition) is 0. The molecule has 1 aromatic carbocycles. The Morgan fingerprint density at radius 2 is 1.94 bits per heavy atom. The average Bonchev–Trinajstić information content (AvgIpc) is 2.38. The molecule has 0 amide bonds. The van der Waals surface area contributed by atoms with Crippen LogP contribution in [0, 0.1) is 5.92 Å². The topological polar surface area (TPSA) is 26.3 Å². The maximum atomic E-state index is 12.3. The van der Waals surface area contributed by atoms with E-state index in [-0.39, 0.29) is 11.8 Å². The number of hydrogen-bond acceptors (Lipinski definition) is 2. The Kier molecular flexibility index (Phi) is 5.92. The summed E-state index contributed by atoms with van der Waals surface area (Å²) in [7, 11) is 1.67. The number of methoxy groups -OCH3 is 1. The summed E-state index contributed by atoms with van der Waals surface area (Å²) < 4.78 is 5.03. The quantitative estimate of drug-likeness (QED) is 0.722. The fourth-order valence-electron chi connectivity index (χ4n) is 2.07. The van der Waals surface area contributed by atoms with Crippen LogP contribution in [0.3, 0.4) is 0 Å². The first-order valence-electron chi connectivity index (χ1n) is 6.28. The highest BCUT2D eigenvalue weighted by molar-refractivity contribution is 5.87. The zero-order valence-corrected chi connectivity index (χ0v) is 11.0. The van der Waals surface area contributed by atoms with Gasteiger partial charge >= 0.3 is 0 Å². The molecule has 2 heteroatoms. The molecule has 0 aliphatic carbocycles. The van der Waals surface area contributed by atoms with Gasteiger partial charge in [0, 0.05) is 25.6 Å². The minimum Gasteiger partial charge on any atom is -0.385 e. The van der Waals surface area contributed by atoms with Gasteiger partial charge in [-0.2, -0.15) is 0 Å². The van der Waals surface area contributed by atoms with Crippen LogP contribution in [0.25, 0.3) is 0 Å². The third-order valence-electron chi connectivity index (χ3n) is 3.19. The van der Waals surface area contributed by atoms with Crippen LogP contribution in [0.15, 0.2) is 30.3 Å². The molecule has 1 aromatic rings. The standard InChI is InChI=1S/C15H22O2/c1-4-14(13-8-6-5-7-9-13)15(16)12(2)10-11-17-3/h5-9,12,14H,4,10-11H2,1-3H3. The summed E-state index contributed by atoms with van der Waals surface area (Å²) in [6, 6.07) is 10.0. The van der Waals surface area contributed by atoms with E-state index in [0.717, 1.165) is 18.4 Å². The van der Waals surface area contributed by atoms with Crippen molar-refractivity contribution in [3.05, 3.63) is 35.9 Å². The number of rotatable bonds is 7. The minimum atomic E-state index is 0.0306. The predicted octanol–water partition coefficient (Wildman–Crippen LogP) is 3.42. The molecule has 2 atom stereocenters. The summed E-state index contributed by atoms with van der Waals surface area (Å²) in [6.07, 6.45) is 1.67. The number of carbonyl (C=O) groups excluding carboxylic acids is 1. The van der Waals surface area contributed by atoms with Crippen LogP contribution < -0.4 is 0 Å². The van der Waals surface area contributed by atoms with Crippen LogP contribution in [-0.4, -0.2) is 19.5 Å². The Balaban J connectivity index is 2.71. The van der Waals surface area contributed by atoms with Crippen molar-refractivity contribution in [2.75, 3.05) is 13.7 Å². The maximum absolute atomic E-state index is 12.3. The van der Waals surface area contributed by atoms with Gasteiger partial charge in [0.15, 0.2) is 0 Å². The second-order valence-electron chi connectivity index (χ2n) is 4.46. The van der Waals surface area contributed by atoms with E-state index in [9.17, 15) is 4.79 Å². The molecule has 1 rings (SSSR count). The van der Waals surface area contributed by atoms with Gasteiger partial charge in [-0.1, -0.05) is 44.2 Å². The fourth-order valence-corrected chi connectivity index (χ4v) is 2.07. The second-order valence-corrected chi connectivity index (χ2v) is 4.46. The van der Waals surface area contributed by atoms with Gasteiger partial charge in [-0.3, -0.25) is 4.79 Å². The summed E-state index contributed by atoms with van der Waals surface area (Å²) in [5.41, 5.74) is 1.13. The Hall–Kier alpha value is -1.15. The molecule has 0 heterocycles. The average molecular weight is 234 g/mol. The Labute approximate surface area is 104 Å². The normalized spacial score (nSPS) is 14.3. The molecule has 0 N–H and O–H groups in total. The van der Waals surface area contributed by atoms with Crippen molar-refractivity contribution in [3.8, 4) is 0 Å². The van der Waals surface area contributed by atoms with Crippen LogP contribution in [0.4, 0.5) is 0 Å². The highest BCUT2D eigenvalue weighted by Gasteiger charge is 2.23. The summed E-state index contributed by atoms with van der Waals surface area (Å²) in [6.45, 7) is 4.71. The third-order valence-corrected chi connectivity index (χ3v) is 3.19. The smallest absolute Gasteiger partial charge is 0.143 e. The first kappa shape index (κ1) is 13.9. The molecule has 2 unspecified atom stereocenters. The van der Waals surface area contributed by atoms with E-state index >= 15 is 0 Å². The molecule has 17 heavy (non-hydrogen) atoms. The molecule has 0 spiro atoms. The van der Waals surface area contributed by atoms with Crippen LogP contribution in [0.2, 0.25) is 0 Å². The molecule has 0 saturated carbocycles.